The average Bonchev–Trinajstić information content (AvgIpc) is 2.32. The van der Waals surface area contributed by atoms with Gasteiger partial charge in [0.05, 0.1) is 12.0 Å². The molecule has 6 heteroatoms. The molecule has 0 saturated heterocycles. The summed E-state index contributed by atoms with van der Waals surface area (Å²) in [6.45, 7) is 6.59. The second kappa shape index (κ2) is 6.23. The fraction of sp³-hybridized carbons (Fsp3) is 0.778. The third kappa shape index (κ3) is 3.09. The topological polar surface area (TPSA) is 99.7 Å². The smallest absolute Gasteiger partial charge is 0.253 e. The Morgan fingerprint density at radius 1 is 1.73 bits per heavy atom. The number of carbonyl (C=O) groups is 1. The van der Waals surface area contributed by atoms with E-state index in [1.54, 1.807) is 5.48 Å². The van der Waals surface area contributed by atoms with Crippen LogP contribution >= 0.6 is 0 Å². The maximum Gasteiger partial charge on any atom is 0.253 e. The van der Waals surface area contributed by atoms with Crippen LogP contribution in [0, 0.1) is 5.41 Å². The first-order chi connectivity index (χ1) is 7.14. The molecule has 0 bridgehead atoms. The van der Waals surface area contributed by atoms with Gasteiger partial charge in [0, 0.05) is 6.54 Å². The lowest BCUT2D eigenvalue weighted by atomic mass is 9.83. The summed E-state index contributed by atoms with van der Waals surface area (Å²) in [7, 11) is 0. The predicted octanol–water partition coefficient (Wildman–Crippen LogP) is -0.168. The van der Waals surface area contributed by atoms with Crippen molar-refractivity contribution in [1.82, 2.24) is 10.8 Å². The number of nitrogens with two attached hydrogens (primary N) is 1. The van der Waals surface area contributed by atoms with Crippen molar-refractivity contribution in [3.63, 3.8) is 0 Å². The van der Waals surface area contributed by atoms with E-state index in [1.165, 1.54) is 0 Å². The molecule has 0 spiro atoms. The van der Waals surface area contributed by atoms with Crippen molar-refractivity contribution in [2.45, 2.75) is 27.2 Å². The van der Waals surface area contributed by atoms with Crippen LogP contribution in [0.25, 0.3) is 0 Å². The van der Waals surface area contributed by atoms with Gasteiger partial charge < -0.3 is 11.1 Å². The van der Waals surface area contributed by atoms with Crippen molar-refractivity contribution < 1.29 is 10.0 Å². The van der Waals surface area contributed by atoms with Crippen LogP contribution in [-0.4, -0.2) is 30.2 Å². The third-order valence-electron chi connectivity index (χ3n) is 2.42. The van der Waals surface area contributed by atoms with Crippen LogP contribution in [0.5, 0.6) is 0 Å². The van der Waals surface area contributed by atoms with E-state index in [2.05, 4.69) is 10.3 Å². The highest BCUT2D eigenvalue weighted by molar-refractivity contribution is 5.86. The van der Waals surface area contributed by atoms with Crippen molar-refractivity contribution in [2.75, 3.05) is 13.1 Å². The van der Waals surface area contributed by atoms with Crippen molar-refractivity contribution in [3.05, 3.63) is 0 Å². The van der Waals surface area contributed by atoms with Gasteiger partial charge >= 0.3 is 0 Å². The fourth-order valence-electron chi connectivity index (χ4n) is 1.28. The molecule has 1 amide bonds. The number of hydrogen-bond acceptors (Lipinski definition) is 5. The zero-order valence-electron chi connectivity index (χ0n) is 9.50. The highest BCUT2D eigenvalue weighted by Crippen LogP contribution is 2.23. The van der Waals surface area contributed by atoms with Crippen molar-refractivity contribution >= 4 is 11.9 Å². The van der Waals surface area contributed by atoms with Crippen LogP contribution in [-0.2, 0) is 4.79 Å². The monoisotopic (exact) mass is 216 g/mol. The second-order valence-electron chi connectivity index (χ2n) is 3.13. The van der Waals surface area contributed by atoms with Gasteiger partial charge in [-0.2, -0.15) is 0 Å². The predicted molar refractivity (Wildman–Crippen MR) is 58.5 cm³/mol. The van der Waals surface area contributed by atoms with E-state index in [0.717, 1.165) is 0 Å². The molecular weight excluding hydrogens is 196 g/mol. The maximum atomic E-state index is 11.3. The summed E-state index contributed by atoms with van der Waals surface area (Å²) in [4.78, 5) is 15.3. The summed E-state index contributed by atoms with van der Waals surface area (Å²) in [6, 6.07) is 0. The van der Waals surface area contributed by atoms with Gasteiger partial charge in [-0.1, -0.05) is 20.8 Å². The molecule has 1 aliphatic heterocycles. The van der Waals surface area contributed by atoms with E-state index < -0.39 is 11.3 Å². The molecule has 0 aliphatic carbocycles. The van der Waals surface area contributed by atoms with Crippen molar-refractivity contribution in [3.8, 4) is 0 Å². The number of hydroxylamine groups is 1. The molecule has 88 valence electrons. The molecule has 0 saturated carbocycles. The van der Waals surface area contributed by atoms with Crippen LogP contribution < -0.4 is 16.5 Å². The van der Waals surface area contributed by atoms with E-state index in [-0.39, 0.29) is 0 Å². The highest BCUT2D eigenvalue weighted by Gasteiger charge is 2.38. The molecule has 15 heavy (non-hydrogen) atoms. The standard InChI is InChI=1S/C7H14N4O2.C2H6/c1-2-7(5(12)11-13)3-9-6(8)10-4-7;1-2/h13H,2-4H2,1H3,(H,11,12)(H3,8,9,10);1-2H3. The summed E-state index contributed by atoms with van der Waals surface area (Å²) < 4.78 is 0. The van der Waals surface area contributed by atoms with Gasteiger partial charge in [0.15, 0.2) is 5.96 Å². The van der Waals surface area contributed by atoms with Crippen LogP contribution in [0.1, 0.15) is 27.2 Å². The Balaban J connectivity index is 0.000000921. The second-order valence-corrected chi connectivity index (χ2v) is 3.13. The van der Waals surface area contributed by atoms with E-state index >= 15 is 0 Å². The van der Waals surface area contributed by atoms with E-state index in [4.69, 9.17) is 10.9 Å². The summed E-state index contributed by atoms with van der Waals surface area (Å²) in [5, 5.41) is 11.3. The minimum absolute atomic E-state index is 0.314. The quantitative estimate of drug-likeness (QED) is 0.380. The molecule has 1 heterocycles. The van der Waals surface area contributed by atoms with E-state index in [9.17, 15) is 4.79 Å². The van der Waals surface area contributed by atoms with Crippen molar-refractivity contribution in [2.24, 2.45) is 16.1 Å². The number of guanidine groups is 1. The van der Waals surface area contributed by atoms with Gasteiger partial charge in [0.1, 0.15) is 0 Å². The lowest BCUT2D eigenvalue weighted by Crippen LogP contribution is -2.54. The van der Waals surface area contributed by atoms with Gasteiger partial charge in [0.2, 0.25) is 0 Å². The molecule has 1 rings (SSSR count). The molecule has 0 aromatic rings. The van der Waals surface area contributed by atoms with Crippen LogP contribution in [0.4, 0.5) is 0 Å². The zero-order valence-corrected chi connectivity index (χ0v) is 9.50. The minimum atomic E-state index is -0.669. The first-order valence-electron chi connectivity index (χ1n) is 5.13. The molecule has 0 aromatic heterocycles. The Kier molecular flexibility index (Phi) is 5.69. The maximum absolute atomic E-state index is 11.3. The van der Waals surface area contributed by atoms with E-state index in [1.807, 2.05) is 20.8 Å². The van der Waals surface area contributed by atoms with Gasteiger partial charge in [-0.3, -0.25) is 15.0 Å². The van der Waals surface area contributed by atoms with Gasteiger partial charge in [-0.25, -0.2) is 5.48 Å². The fourth-order valence-corrected chi connectivity index (χ4v) is 1.28. The summed E-state index contributed by atoms with van der Waals surface area (Å²) in [6.07, 6.45) is 0.600. The minimum Gasteiger partial charge on any atom is -0.370 e. The summed E-state index contributed by atoms with van der Waals surface area (Å²) in [5.41, 5.74) is 6.38. The Morgan fingerprint density at radius 2 is 2.33 bits per heavy atom. The molecular formula is C9H20N4O2. The van der Waals surface area contributed by atoms with Gasteiger partial charge in [-0.05, 0) is 6.42 Å². The van der Waals surface area contributed by atoms with Crippen LogP contribution in [0.3, 0.4) is 0 Å². The number of carbonyl (C=O) groups excluding carboxylic acids is 1. The van der Waals surface area contributed by atoms with Gasteiger partial charge in [0.25, 0.3) is 5.91 Å². The highest BCUT2D eigenvalue weighted by atomic mass is 16.5. The molecule has 1 unspecified atom stereocenters. The first-order valence-corrected chi connectivity index (χ1v) is 5.13. The molecule has 0 radical (unpaired) electrons. The molecule has 6 nitrogen and oxygen atoms in total. The molecule has 5 N–H and O–H groups in total. The number of amides is 1. The third-order valence-corrected chi connectivity index (χ3v) is 2.42. The summed E-state index contributed by atoms with van der Waals surface area (Å²) >= 11 is 0. The number of aliphatic imine (C=N–C) groups is 1. The summed E-state index contributed by atoms with van der Waals surface area (Å²) in [5.74, 6) is -0.0754. The molecule has 0 aromatic carbocycles. The average molecular weight is 216 g/mol. The lowest BCUT2D eigenvalue weighted by Gasteiger charge is -2.32. The van der Waals surface area contributed by atoms with Gasteiger partial charge in [-0.15, -0.1) is 0 Å². The number of hydrogen-bond donors (Lipinski definition) is 4. The lowest BCUT2D eigenvalue weighted by molar-refractivity contribution is -0.139. The Labute approximate surface area is 89.9 Å². The Bertz CT molecular complexity index is 242. The van der Waals surface area contributed by atoms with Crippen molar-refractivity contribution in [1.29, 1.82) is 0 Å². The van der Waals surface area contributed by atoms with E-state index in [0.29, 0.717) is 25.5 Å². The van der Waals surface area contributed by atoms with Crippen LogP contribution in [0.15, 0.2) is 4.99 Å². The number of rotatable bonds is 2. The first kappa shape index (κ1) is 13.7. The molecule has 0 fully saturated rings. The van der Waals surface area contributed by atoms with Crippen LogP contribution in [0.2, 0.25) is 0 Å². The number of nitrogens with zero attached hydrogens (tertiary/aromatic N) is 1. The Hall–Kier alpha value is -1.30. The zero-order chi connectivity index (χ0) is 11.9. The molecule has 1 atom stereocenters. The normalized spacial score (nSPS) is 24.1. The number of nitrogens with one attached hydrogen (secondary N) is 2. The largest absolute Gasteiger partial charge is 0.370 e. The SMILES string of the molecule is CC.CCC1(C(=O)NO)CN=C(N)NC1. The Morgan fingerprint density at radius 3 is 2.67 bits per heavy atom. The molecule has 1 aliphatic rings.